The monoisotopic (exact) mass is 482 g/mol. The van der Waals surface area contributed by atoms with Crippen molar-refractivity contribution in [2.24, 2.45) is 9.98 Å². The Balaban J connectivity index is 0.000000351. The molecular weight excluding hydrogens is 444 g/mol. The molecule has 0 radical (unpaired) electrons. The van der Waals surface area contributed by atoms with E-state index in [-0.39, 0.29) is 5.97 Å². The lowest BCUT2D eigenvalue weighted by molar-refractivity contribution is 0.0599. The van der Waals surface area contributed by atoms with Crippen LogP contribution in [0.15, 0.2) is 34.3 Å². The Morgan fingerprint density at radius 1 is 0.800 bits per heavy atom. The number of ether oxygens (including phenoxy) is 1. The van der Waals surface area contributed by atoms with E-state index >= 15 is 0 Å². The second-order valence-electron chi connectivity index (χ2n) is 8.34. The summed E-state index contributed by atoms with van der Waals surface area (Å²) >= 11 is 0. The minimum Gasteiger partial charge on any atom is -0.478 e. The Morgan fingerprint density at radius 3 is 1.57 bits per heavy atom. The number of carbonyl (C=O) groups excluding carboxylic acids is 1. The Bertz CT molecular complexity index is 1090. The normalized spacial score (nSPS) is 10.8. The van der Waals surface area contributed by atoms with Crippen molar-refractivity contribution in [1.29, 1.82) is 0 Å². The average Bonchev–Trinajstić information content (AvgIpc) is 2.83. The van der Waals surface area contributed by atoms with Gasteiger partial charge in [0.2, 0.25) is 0 Å². The Kier molecular flexibility index (Phi) is 11.6. The molecule has 2 rings (SSSR count). The zero-order chi connectivity index (χ0) is 26.7. The molecule has 0 saturated heterocycles. The number of aromatic carboxylic acids is 1. The first kappa shape index (κ1) is 29.4. The Labute approximate surface area is 209 Å². The summed E-state index contributed by atoms with van der Waals surface area (Å²) in [5.74, 6) is -1.20. The Morgan fingerprint density at radius 2 is 1.20 bits per heavy atom. The molecule has 0 amide bonds. The molecule has 2 aromatic rings. The van der Waals surface area contributed by atoms with E-state index in [2.05, 4.69) is 16.9 Å². The molecule has 0 spiro atoms. The first-order valence-corrected chi connectivity index (χ1v) is 11.5. The van der Waals surface area contributed by atoms with Crippen molar-refractivity contribution in [2.45, 2.75) is 41.5 Å². The molecule has 0 saturated carbocycles. The van der Waals surface area contributed by atoms with Crippen LogP contribution in [0.4, 0.5) is 11.4 Å². The molecule has 0 aliphatic heterocycles. The molecule has 0 unspecified atom stereocenters. The quantitative estimate of drug-likeness (QED) is 0.311. The molecule has 0 aliphatic carbocycles. The zero-order valence-corrected chi connectivity index (χ0v) is 22.3. The van der Waals surface area contributed by atoms with Crippen molar-refractivity contribution in [1.82, 2.24) is 9.80 Å². The summed E-state index contributed by atoms with van der Waals surface area (Å²) < 4.78 is 4.74. The molecule has 1 N–H and O–H groups in total. The van der Waals surface area contributed by atoms with Crippen molar-refractivity contribution in [3.05, 3.63) is 57.6 Å². The molecule has 0 aliphatic rings. The third-order valence-electron chi connectivity index (χ3n) is 5.51. The minimum absolute atomic E-state index is 0.309. The summed E-state index contributed by atoms with van der Waals surface area (Å²) in [7, 11) is 5.30. The van der Waals surface area contributed by atoms with Gasteiger partial charge in [-0.2, -0.15) is 0 Å². The van der Waals surface area contributed by atoms with Crippen LogP contribution in [-0.2, 0) is 4.74 Å². The fourth-order valence-corrected chi connectivity index (χ4v) is 2.93. The van der Waals surface area contributed by atoms with E-state index in [9.17, 15) is 9.59 Å². The lowest BCUT2D eigenvalue weighted by atomic mass is 10.0. The number of hydrogen-bond donors (Lipinski definition) is 1. The standard InChI is InChI=1S/C14H20N2O2.C13H18N2O2/c1-6-16(4)9-15-13-8-10(2)12(7-11(13)3)14(17)18-5;1-5-15(4)8-14-12-7-9(2)11(13(16)17)6-10(12)3/h7-9H,6H2,1-5H3;6-8H,5H2,1-4H3,(H,16,17). The van der Waals surface area contributed by atoms with Gasteiger partial charge in [0.05, 0.1) is 42.3 Å². The van der Waals surface area contributed by atoms with Crippen LogP contribution in [0.3, 0.4) is 0 Å². The third kappa shape index (κ3) is 8.88. The smallest absolute Gasteiger partial charge is 0.338 e. The molecule has 8 nitrogen and oxygen atoms in total. The number of aliphatic imine (C=N–C) groups is 2. The second kappa shape index (κ2) is 13.9. The molecule has 0 aromatic heterocycles. The number of benzene rings is 2. The number of carboxylic acid groups (broad SMARTS) is 1. The predicted octanol–water partition coefficient (Wildman–Crippen LogP) is 5.31. The van der Waals surface area contributed by atoms with E-state index in [1.807, 2.05) is 63.7 Å². The number of methoxy groups -OCH3 is 1. The highest BCUT2D eigenvalue weighted by atomic mass is 16.5. The maximum absolute atomic E-state index is 11.5. The molecule has 35 heavy (non-hydrogen) atoms. The number of rotatable bonds is 8. The molecule has 2 aromatic carbocycles. The molecule has 0 bridgehead atoms. The van der Waals surface area contributed by atoms with E-state index in [4.69, 9.17) is 9.84 Å². The van der Waals surface area contributed by atoms with E-state index < -0.39 is 5.97 Å². The summed E-state index contributed by atoms with van der Waals surface area (Å²) in [6.45, 7) is 13.4. The summed E-state index contributed by atoms with van der Waals surface area (Å²) in [6.07, 6.45) is 3.54. The van der Waals surface area contributed by atoms with Crippen molar-refractivity contribution < 1.29 is 19.4 Å². The van der Waals surface area contributed by atoms with Gasteiger partial charge < -0.3 is 19.6 Å². The number of carboxylic acids is 1. The lowest BCUT2D eigenvalue weighted by Crippen LogP contribution is -2.14. The summed E-state index contributed by atoms with van der Waals surface area (Å²) in [4.78, 5) is 35.2. The highest BCUT2D eigenvalue weighted by molar-refractivity contribution is 5.92. The second-order valence-corrected chi connectivity index (χ2v) is 8.34. The van der Waals surface area contributed by atoms with Gasteiger partial charge in [-0.1, -0.05) is 0 Å². The van der Waals surface area contributed by atoms with Crippen LogP contribution in [0.5, 0.6) is 0 Å². The van der Waals surface area contributed by atoms with E-state index in [0.29, 0.717) is 11.1 Å². The van der Waals surface area contributed by atoms with Crippen molar-refractivity contribution in [3.63, 3.8) is 0 Å². The summed E-state index contributed by atoms with van der Waals surface area (Å²) in [6, 6.07) is 7.19. The van der Waals surface area contributed by atoms with Crippen LogP contribution >= 0.6 is 0 Å². The van der Waals surface area contributed by atoms with Crippen molar-refractivity contribution >= 4 is 36.0 Å². The van der Waals surface area contributed by atoms with E-state index in [1.54, 1.807) is 31.7 Å². The van der Waals surface area contributed by atoms with Gasteiger partial charge in [0.25, 0.3) is 0 Å². The van der Waals surface area contributed by atoms with Gasteiger partial charge >= 0.3 is 11.9 Å². The first-order valence-electron chi connectivity index (χ1n) is 11.5. The maximum atomic E-state index is 11.5. The number of aryl methyl sites for hydroxylation is 4. The predicted molar refractivity (Wildman–Crippen MR) is 143 cm³/mol. The van der Waals surface area contributed by atoms with Gasteiger partial charge in [-0.05, 0) is 88.1 Å². The number of hydrogen-bond acceptors (Lipinski definition) is 5. The maximum Gasteiger partial charge on any atom is 0.338 e. The lowest BCUT2D eigenvalue weighted by Gasteiger charge is -2.10. The third-order valence-corrected chi connectivity index (χ3v) is 5.51. The first-order chi connectivity index (χ1) is 16.4. The van der Waals surface area contributed by atoms with Crippen LogP contribution in [0.25, 0.3) is 0 Å². The fourth-order valence-electron chi connectivity index (χ4n) is 2.93. The van der Waals surface area contributed by atoms with Crippen molar-refractivity contribution in [3.8, 4) is 0 Å². The molecule has 0 atom stereocenters. The van der Waals surface area contributed by atoms with E-state index in [0.717, 1.165) is 46.7 Å². The van der Waals surface area contributed by atoms with Crippen LogP contribution in [0, 0.1) is 27.7 Å². The van der Waals surface area contributed by atoms with Crippen LogP contribution in [-0.4, -0.2) is 73.8 Å². The van der Waals surface area contributed by atoms with Gasteiger partial charge in [-0.25, -0.2) is 19.6 Å². The number of carbonyl (C=O) groups is 2. The van der Waals surface area contributed by atoms with Gasteiger partial charge in [0.1, 0.15) is 0 Å². The summed E-state index contributed by atoms with van der Waals surface area (Å²) in [5.41, 5.74) is 6.06. The highest BCUT2D eigenvalue weighted by Crippen LogP contribution is 2.24. The topological polar surface area (TPSA) is 94.8 Å². The van der Waals surface area contributed by atoms with Crippen molar-refractivity contribution in [2.75, 3.05) is 34.3 Å². The summed E-state index contributed by atoms with van der Waals surface area (Å²) in [5, 5.41) is 8.99. The van der Waals surface area contributed by atoms with Gasteiger partial charge in [-0.3, -0.25) is 0 Å². The SMILES string of the molecule is CCN(C)C=Nc1cc(C)c(C(=O)O)cc1C.CCN(C)C=Nc1cc(C)c(C(=O)OC)cc1C. The molecular formula is C27H38N4O4. The van der Waals surface area contributed by atoms with Crippen LogP contribution in [0.1, 0.15) is 56.8 Å². The molecule has 190 valence electrons. The largest absolute Gasteiger partial charge is 0.478 e. The highest BCUT2D eigenvalue weighted by Gasteiger charge is 2.11. The minimum atomic E-state index is -0.896. The molecule has 0 fully saturated rings. The van der Waals surface area contributed by atoms with Gasteiger partial charge in [0, 0.05) is 27.2 Å². The van der Waals surface area contributed by atoms with Gasteiger partial charge in [-0.15, -0.1) is 0 Å². The molecule has 0 heterocycles. The van der Waals surface area contributed by atoms with Crippen LogP contribution in [0.2, 0.25) is 0 Å². The fraction of sp³-hybridized carbons (Fsp3) is 0.407. The van der Waals surface area contributed by atoms with Gasteiger partial charge in [0.15, 0.2) is 0 Å². The Hall–Kier alpha value is -3.68. The zero-order valence-electron chi connectivity index (χ0n) is 22.3. The average molecular weight is 483 g/mol. The number of nitrogens with zero attached hydrogens (tertiary/aromatic N) is 4. The molecule has 8 heteroatoms. The van der Waals surface area contributed by atoms with E-state index in [1.165, 1.54) is 7.11 Å². The number of esters is 1. The van der Waals surface area contributed by atoms with Crippen LogP contribution < -0.4 is 0 Å².